The van der Waals surface area contributed by atoms with Gasteiger partial charge < -0.3 is 15.3 Å². The smallest absolute Gasteiger partial charge is 0.401 e. The number of nitrogens with zero attached hydrogens (tertiary/aromatic N) is 4. The first kappa shape index (κ1) is 39.4. The molecule has 2 bridgehead atoms. The molecule has 302 valence electrons. The molecule has 0 fully saturated rings. The van der Waals surface area contributed by atoms with Gasteiger partial charge in [-0.3, -0.25) is 0 Å². The Balaban J connectivity index is 1.35. The maximum atomic E-state index is 13.2. The van der Waals surface area contributed by atoms with Crippen LogP contribution in [0.2, 0.25) is 0 Å². The van der Waals surface area contributed by atoms with Crippen molar-refractivity contribution in [2.75, 3.05) is 0 Å². The average molecular weight is 819 g/mol. The zero-order chi connectivity index (χ0) is 42.9. The molecular formula is C52H42N4O6+4. The summed E-state index contributed by atoms with van der Waals surface area (Å²) in [6.45, 7) is 3.37. The lowest BCUT2D eigenvalue weighted by Crippen LogP contribution is -2.52. The number of fused-ring (bicyclic) bond motifs is 7. The van der Waals surface area contributed by atoms with Gasteiger partial charge in [-0.1, -0.05) is 48.5 Å². The molecule has 9 rings (SSSR count). The molecule has 0 radical (unpaired) electrons. The highest BCUT2D eigenvalue weighted by molar-refractivity contribution is 5.89. The minimum Gasteiger partial charge on any atom is -0.478 e. The van der Waals surface area contributed by atoms with E-state index < -0.39 is 17.9 Å². The first-order valence-corrected chi connectivity index (χ1v) is 20.3. The van der Waals surface area contributed by atoms with Crippen LogP contribution >= 0.6 is 0 Å². The molecule has 5 heterocycles. The Kier molecular flexibility index (Phi) is 10.5. The van der Waals surface area contributed by atoms with E-state index >= 15 is 0 Å². The standard InChI is InChI=1S/C52H39N4O6/c1-34-10-2-3-11-41(34)45-15-7-9-27-55(45)49-33-54-32-39(24-25-46(54)52(61)62)48-31-40(35-16-20-37(21-17-35)50(57)58)30-47(36-18-22-38(23-19-36)51(59)60)56(48)29-28-53-26-8-6-14-44(53)42-12-4-5-13-43(42)49/h2-27,30-32,49H,28-29,33H2,1H3/q+1/p+3. The lowest BCUT2D eigenvalue weighted by molar-refractivity contribution is -0.786. The van der Waals surface area contributed by atoms with Crippen molar-refractivity contribution < 1.29 is 48.0 Å². The summed E-state index contributed by atoms with van der Waals surface area (Å²) in [4.78, 5) is 37.0. The SMILES string of the molecule is Cc1ccccc1-c1cccc[n+]1C1C[n+]2cc(ccc2C(=O)O)-c2cc(-c3ccc(C(=O)O)cc3)cc(-c3ccc(C(=O)O)cc3)[n+]2CC[n+]2ccccc2-c2ccccc21. The Bertz CT molecular complexity index is 3050. The third-order valence-corrected chi connectivity index (χ3v) is 11.7. The van der Waals surface area contributed by atoms with Gasteiger partial charge in [0.25, 0.3) is 5.69 Å². The van der Waals surface area contributed by atoms with E-state index in [4.69, 9.17) is 0 Å². The lowest BCUT2D eigenvalue weighted by Gasteiger charge is -2.17. The van der Waals surface area contributed by atoms with Crippen molar-refractivity contribution in [2.24, 2.45) is 0 Å². The third kappa shape index (κ3) is 7.50. The Morgan fingerprint density at radius 3 is 1.76 bits per heavy atom. The summed E-state index contributed by atoms with van der Waals surface area (Å²) in [5.74, 6) is -3.12. The number of aromatic carboxylic acids is 3. The Morgan fingerprint density at radius 1 is 0.500 bits per heavy atom. The van der Waals surface area contributed by atoms with Crippen LogP contribution in [0.3, 0.4) is 0 Å². The molecule has 62 heavy (non-hydrogen) atoms. The Hall–Kier alpha value is -8.11. The average Bonchev–Trinajstić information content (AvgIpc) is 3.30. The van der Waals surface area contributed by atoms with Gasteiger partial charge in [0.2, 0.25) is 48.5 Å². The quantitative estimate of drug-likeness (QED) is 0.141. The number of aryl methyl sites for hydroxylation is 2. The molecule has 10 heteroatoms. The van der Waals surface area contributed by atoms with Gasteiger partial charge >= 0.3 is 17.9 Å². The van der Waals surface area contributed by atoms with E-state index in [0.29, 0.717) is 13.1 Å². The first-order chi connectivity index (χ1) is 30.1. The zero-order valence-corrected chi connectivity index (χ0v) is 33.8. The van der Waals surface area contributed by atoms with Crippen molar-refractivity contribution >= 4 is 17.9 Å². The second-order valence-electron chi connectivity index (χ2n) is 15.4. The van der Waals surface area contributed by atoms with Crippen molar-refractivity contribution in [3.8, 4) is 56.2 Å². The predicted octanol–water partition coefficient (Wildman–Crippen LogP) is 7.88. The summed E-state index contributed by atoms with van der Waals surface area (Å²) in [6, 6.07) is 49.5. The van der Waals surface area contributed by atoms with Gasteiger partial charge in [-0.2, -0.15) is 18.3 Å². The van der Waals surface area contributed by atoms with Crippen molar-refractivity contribution in [1.29, 1.82) is 0 Å². The fourth-order valence-corrected chi connectivity index (χ4v) is 8.62. The summed E-state index contributed by atoms with van der Waals surface area (Å²) in [5, 5.41) is 30.2. The molecule has 1 aliphatic rings. The molecule has 10 nitrogen and oxygen atoms in total. The van der Waals surface area contributed by atoms with E-state index in [2.05, 4.69) is 75.5 Å². The highest BCUT2D eigenvalue weighted by atomic mass is 16.4. The fourth-order valence-electron chi connectivity index (χ4n) is 8.62. The molecule has 0 amide bonds. The van der Waals surface area contributed by atoms with Crippen LogP contribution in [-0.2, 0) is 19.6 Å². The van der Waals surface area contributed by atoms with Crippen LogP contribution in [0.5, 0.6) is 0 Å². The highest BCUT2D eigenvalue weighted by Crippen LogP contribution is 2.32. The summed E-state index contributed by atoms with van der Waals surface area (Å²) >= 11 is 0. The van der Waals surface area contributed by atoms with E-state index in [1.165, 1.54) is 0 Å². The van der Waals surface area contributed by atoms with Gasteiger partial charge in [0.05, 0.1) is 16.7 Å². The predicted molar refractivity (Wildman–Crippen MR) is 231 cm³/mol. The topological polar surface area (TPSA) is 127 Å². The molecule has 1 atom stereocenters. The van der Waals surface area contributed by atoms with Crippen LogP contribution in [0, 0.1) is 6.92 Å². The van der Waals surface area contributed by atoms with Crippen LogP contribution in [0.15, 0.2) is 176 Å². The lowest BCUT2D eigenvalue weighted by atomic mass is 9.95. The Labute approximate surface area is 357 Å². The first-order valence-electron chi connectivity index (χ1n) is 20.3. The van der Waals surface area contributed by atoms with Crippen molar-refractivity contribution in [2.45, 2.75) is 32.6 Å². The number of carboxylic acid groups (broad SMARTS) is 3. The number of hydrogen-bond acceptors (Lipinski definition) is 3. The van der Waals surface area contributed by atoms with Crippen LogP contribution in [-0.4, -0.2) is 33.2 Å². The second-order valence-corrected chi connectivity index (χ2v) is 15.4. The van der Waals surface area contributed by atoms with Crippen molar-refractivity contribution in [3.05, 3.63) is 204 Å². The summed E-state index contributed by atoms with van der Waals surface area (Å²) in [5.41, 5.74) is 11.3. The maximum Gasteiger partial charge on any atom is 0.401 e. The molecule has 8 aromatic rings. The van der Waals surface area contributed by atoms with E-state index in [0.717, 1.165) is 67.3 Å². The second kappa shape index (κ2) is 16.5. The van der Waals surface area contributed by atoms with E-state index in [1.54, 1.807) is 54.6 Å². The molecule has 0 aliphatic carbocycles. The van der Waals surface area contributed by atoms with Gasteiger partial charge in [0.1, 0.15) is 5.56 Å². The Morgan fingerprint density at radius 2 is 1.08 bits per heavy atom. The van der Waals surface area contributed by atoms with Gasteiger partial charge in [0, 0.05) is 59.2 Å². The van der Waals surface area contributed by atoms with Gasteiger partial charge in [-0.15, -0.1) is 0 Å². The molecule has 0 spiro atoms. The van der Waals surface area contributed by atoms with Crippen molar-refractivity contribution in [1.82, 2.24) is 0 Å². The normalized spacial score (nSPS) is 13.3. The minimum atomic E-state index is -1.06. The summed E-state index contributed by atoms with van der Waals surface area (Å²) in [6.07, 6.45) is 6.06. The van der Waals surface area contributed by atoms with Gasteiger partial charge in [0.15, 0.2) is 18.6 Å². The third-order valence-electron chi connectivity index (χ3n) is 11.7. The molecule has 4 aromatic heterocycles. The number of aromatic nitrogens is 4. The number of pyridine rings is 4. The fraction of sp³-hybridized carbons (Fsp3) is 0.0962. The molecule has 1 aliphatic heterocycles. The van der Waals surface area contributed by atoms with Crippen LogP contribution in [0.4, 0.5) is 0 Å². The molecule has 3 N–H and O–H groups in total. The number of carboxylic acids is 3. The molecule has 1 unspecified atom stereocenters. The maximum absolute atomic E-state index is 13.2. The van der Waals surface area contributed by atoms with Crippen LogP contribution < -0.4 is 18.3 Å². The van der Waals surface area contributed by atoms with Gasteiger partial charge in [-0.05, 0) is 90.3 Å². The largest absolute Gasteiger partial charge is 0.478 e. The monoisotopic (exact) mass is 818 g/mol. The molecule has 4 aromatic carbocycles. The number of rotatable bonds is 7. The van der Waals surface area contributed by atoms with E-state index in [9.17, 15) is 29.7 Å². The van der Waals surface area contributed by atoms with Gasteiger partial charge in [-0.25, -0.2) is 14.4 Å². The number of carbonyl (C=O) groups is 3. The highest BCUT2D eigenvalue weighted by Gasteiger charge is 2.37. The zero-order valence-electron chi connectivity index (χ0n) is 33.8. The molecule has 0 saturated carbocycles. The summed E-state index contributed by atoms with van der Waals surface area (Å²) < 4.78 is 8.51. The number of benzene rings is 4. The van der Waals surface area contributed by atoms with E-state index in [1.807, 2.05) is 71.4 Å². The van der Waals surface area contributed by atoms with Crippen LogP contribution in [0.25, 0.3) is 56.2 Å². The van der Waals surface area contributed by atoms with E-state index in [-0.39, 0.29) is 29.4 Å². The molecule has 0 saturated heterocycles. The van der Waals surface area contributed by atoms with Crippen molar-refractivity contribution in [3.63, 3.8) is 0 Å². The number of hydrogen-bond donors (Lipinski definition) is 3. The van der Waals surface area contributed by atoms with Crippen LogP contribution in [0.1, 0.15) is 48.4 Å². The molecular weight excluding hydrogens is 777 g/mol. The summed E-state index contributed by atoms with van der Waals surface area (Å²) in [7, 11) is 0. The minimum absolute atomic E-state index is 0.117.